The van der Waals surface area contributed by atoms with Crippen LogP contribution in [0.1, 0.15) is 33.6 Å². The van der Waals surface area contributed by atoms with E-state index < -0.39 is 59.9 Å². The van der Waals surface area contributed by atoms with Gasteiger partial charge in [-0.25, -0.2) is 4.79 Å². The SMILES string of the molecule is CC(C)C(NC(=O)C(CS)NC(=O)C(CCCN=C(N)N)NC(=O)C(N)C(C)O)C(=O)O. The van der Waals surface area contributed by atoms with Crippen molar-refractivity contribution in [3.05, 3.63) is 0 Å². The number of guanidine groups is 1. The molecule has 5 unspecified atom stereocenters. The molecule has 32 heavy (non-hydrogen) atoms. The molecule has 3 amide bonds. The number of carboxylic acids is 1. The molecule has 0 rings (SSSR count). The van der Waals surface area contributed by atoms with Crippen molar-refractivity contribution in [2.24, 2.45) is 28.1 Å². The van der Waals surface area contributed by atoms with Crippen molar-refractivity contribution in [3.8, 4) is 0 Å². The second kappa shape index (κ2) is 14.5. The number of aliphatic hydroxyl groups is 1. The van der Waals surface area contributed by atoms with Crippen molar-refractivity contribution in [2.75, 3.05) is 12.3 Å². The van der Waals surface area contributed by atoms with Crippen molar-refractivity contribution in [3.63, 3.8) is 0 Å². The van der Waals surface area contributed by atoms with E-state index in [1.165, 1.54) is 6.92 Å². The third kappa shape index (κ3) is 10.6. The minimum absolute atomic E-state index is 0.103. The van der Waals surface area contributed by atoms with Crippen molar-refractivity contribution in [2.45, 2.75) is 63.9 Å². The van der Waals surface area contributed by atoms with E-state index in [1.807, 2.05) is 0 Å². The fraction of sp³-hybridized carbons (Fsp3) is 0.722. The van der Waals surface area contributed by atoms with Crippen LogP contribution in [0.3, 0.4) is 0 Å². The quantitative estimate of drug-likeness (QED) is 0.0531. The van der Waals surface area contributed by atoms with Gasteiger partial charge in [0.2, 0.25) is 17.7 Å². The second-order valence-electron chi connectivity index (χ2n) is 7.59. The van der Waals surface area contributed by atoms with E-state index >= 15 is 0 Å². The molecule has 0 saturated heterocycles. The smallest absolute Gasteiger partial charge is 0.326 e. The number of aliphatic carboxylic acids is 1. The van der Waals surface area contributed by atoms with E-state index in [4.69, 9.17) is 17.2 Å². The lowest BCUT2D eigenvalue weighted by molar-refractivity contribution is -0.143. The predicted molar refractivity (Wildman–Crippen MR) is 122 cm³/mol. The monoisotopic (exact) mass is 477 g/mol. The maximum absolute atomic E-state index is 12.8. The number of hydrogen-bond donors (Lipinski definition) is 9. The molecule has 0 bridgehead atoms. The molecule has 184 valence electrons. The summed E-state index contributed by atoms with van der Waals surface area (Å²) in [6, 6.07) is -4.69. The first kappa shape index (κ1) is 29.4. The number of aliphatic imine (C=N–C) groups is 1. The number of nitrogens with one attached hydrogen (secondary N) is 3. The number of nitrogens with two attached hydrogens (primary N) is 3. The molecule has 14 heteroatoms. The van der Waals surface area contributed by atoms with Gasteiger partial charge in [-0.1, -0.05) is 13.8 Å². The minimum Gasteiger partial charge on any atom is -0.480 e. The number of amides is 3. The third-order valence-corrected chi connectivity index (χ3v) is 4.81. The Bertz CT molecular complexity index is 685. The average molecular weight is 478 g/mol. The van der Waals surface area contributed by atoms with Gasteiger partial charge in [0.25, 0.3) is 0 Å². The summed E-state index contributed by atoms with van der Waals surface area (Å²) in [5, 5.41) is 26.0. The van der Waals surface area contributed by atoms with Gasteiger partial charge in [-0.05, 0) is 25.7 Å². The molecule has 0 aliphatic rings. The summed E-state index contributed by atoms with van der Waals surface area (Å²) >= 11 is 4.05. The molecule has 0 aromatic carbocycles. The van der Waals surface area contributed by atoms with Crippen LogP contribution in [-0.2, 0) is 19.2 Å². The van der Waals surface area contributed by atoms with Crippen LogP contribution in [0.4, 0.5) is 0 Å². The van der Waals surface area contributed by atoms with Crippen LogP contribution in [0, 0.1) is 5.92 Å². The fourth-order valence-electron chi connectivity index (χ4n) is 2.49. The number of rotatable bonds is 14. The normalized spacial score (nSPS) is 15.6. The number of nitrogens with zero attached hydrogens (tertiary/aromatic N) is 1. The standard InChI is InChI=1S/C18H35N7O6S/c1-8(2)13(17(30)31)25-15(28)11(7-32)24-14(27)10(5-4-6-22-18(20)21)23-16(29)12(19)9(3)26/h8-13,26,32H,4-7,19H2,1-3H3,(H,23,29)(H,24,27)(H,25,28)(H,30,31)(H4,20,21,22). The first-order chi connectivity index (χ1) is 14.8. The molecule has 0 aromatic rings. The van der Waals surface area contributed by atoms with Gasteiger partial charge < -0.3 is 43.4 Å². The van der Waals surface area contributed by atoms with Gasteiger partial charge >= 0.3 is 5.97 Å². The molecule has 0 radical (unpaired) electrons. The highest BCUT2D eigenvalue weighted by Crippen LogP contribution is 2.05. The van der Waals surface area contributed by atoms with Gasteiger partial charge in [0.05, 0.1) is 6.10 Å². The largest absolute Gasteiger partial charge is 0.480 e. The second-order valence-corrected chi connectivity index (χ2v) is 7.95. The Balaban J connectivity index is 5.34. The number of carboxylic acid groups (broad SMARTS) is 1. The van der Waals surface area contributed by atoms with Crippen LogP contribution in [0.25, 0.3) is 0 Å². The molecule has 0 saturated carbocycles. The highest BCUT2D eigenvalue weighted by Gasteiger charge is 2.31. The first-order valence-electron chi connectivity index (χ1n) is 10.1. The highest BCUT2D eigenvalue weighted by molar-refractivity contribution is 7.80. The molecule has 0 aliphatic heterocycles. The Hall–Kier alpha value is -2.58. The topological polar surface area (TPSA) is 235 Å². The number of carbonyl (C=O) groups excluding carboxylic acids is 3. The Morgan fingerprint density at radius 1 is 0.969 bits per heavy atom. The summed E-state index contributed by atoms with van der Waals surface area (Å²) in [5.41, 5.74) is 16.1. The first-order valence-corrected chi connectivity index (χ1v) is 10.7. The van der Waals surface area contributed by atoms with Crippen LogP contribution < -0.4 is 33.2 Å². The van der Waals surface area contributed by atoms with E-state index in [1.54, 1.807) is 13.8 Å². The Kier molecular flexibility index (Phi) is 13.3. The minimum atomic E-state index is -1.27. The van der Waals surface area contributed by atoms with E-state index in [2.05, 4.69) is 33.6 Å². The van der Waals surface area contributed by atoms with Crippen molar-refractivity contribution < 1.29 is 29.4 Å². The van der Waals surface area contributed by atoms with Gasteiger partial charge in [-0.15, -0.1) is 0 Å². The molecule has 0 heterocycles. The molecule has 0 fully saturated rings. The van der Waals surface area contributed by atoms with Crippen LogP contribution in [-0.4, -0.2) is 82.4 Å². The van der Waals surface area contributed by atoms with Gasteiger partial charge in [-0.2, -0.15) is 12.6 Å². The highest BCUT2D eigenvalue weighted by atomic mass is 32.1. The Morgan fingerprint density at radius 2 is 1.50 bits per heavy atom. The summed E-state index contributed by atoms with van der Waals surface area (Å²) in [4.78, 5) is 52.6. The number of thiol groups is 1. The lowest BCUT2D eigenvalue weighted by Crippen LogP contribution is -2.59. The molecule has 13 nitrogen and oxygen atoms in total. The summed E-state index contributed by atoms with van der Waals surface area (Å²) in [6.07, 6.45) is -0.738. The van der Waals surface area contributed by atoms with Crippen LogP contribution >= 0.6 is 12.6 Å². The molecule has 0 aliphatic carbocycles. The van der Waals surface area contributed by atoms with Gasteiger partial charge in [0.15, 0.2) is 5.96 Å². The number of carbonyl (C=O) groups is 4. The molecule has 11 N–H and O–H groups in total. The molecular weight excluding hydrogens is 442 g/mol. The molecular formula is C18H35N7O6S. The van der Waals surface area contributed by atoms with E-state index in [0.29, 0.717) is 6.42 Å². The Labute approximate surface area is 192 Å². The van der Waals surface area contributed by atoms with Gasteiger partial charge in [-0.3, -0.25) is 19.4 Å². The van der Waals surface area contributed by atoms with Crippen molar-refractivity contribution in [1.82, 2.24) is 16.0 Å². The summed E-state index contributed by atoms with van der Waals surface area (Å²) in [7, 11) is 0. The molecule has 0 aromatic heterocycles. The summed E-state index contributed by atoms with van der Waals surface area (Å²) in [6.45, 7) is 4.77. The van der Waals surface area contributed by atoms with Crippen LogP contribution in [0.15, 0.2) is 4.99 Å². The predicted octanol–water partition coefficient (Wildman–Crippen LogP) is -3.13. The van der Waals surface area contributed by atoms with Crippen molar-refractivity contribution in [1.29, 1.82) is 0 Å². The fourth-order valence-corrected chi connectivity index (χ4v) is 2.75. The zero-order valence-corrected chi connectivity index (χ0v) is 19.3. The zero-order valence-electron chi connectivity index (χ0n) is 18.4. The van der Waals surface area contributed by atoms with Crippen LogP contribution in [0.5, 0.6) is 0 Å². The van der Waals surface area contributed by atoms with E-state index in [-0.39, 0.29) is 24.7 Å². The van der Waals surface area contributed by atoms with E-state index in [0.717, 1.165) is 0 Å². The van der Waals surface area contributed by atoms with E-state index in [9.17, 15) is 29.4 Å². The van der Waals surface area contributed by atoms with Gasteiger partial charge in [0, 0.05) is 12.3 Å². The lowest BCUT2D eigenvalue weighted by atomic mass is 10.0. The maximum Gasteiger partial charge on any atom is 0.326 e. The zero-order chi connectivity index (χ0) is 25.0. The van der Waals surface area contributed by atoms with Crippen LogP contribution in [0.2, 0.25) is 0 Å². The molecule has 0 spiro atoms. The van der Waals surface area contributed by atoms with Crippen molar-refractivity contribution >= 4 is 42.3 Å². The molecule has 5 atom stereocenters. The maximum atomic E-state index is 12.8. The summed E-state index contributed by atoms with van der Waals surface area (Å²) < 4.78 is 0. The summed E-state index contributed by atoms with van der Waals surface area (Å²) in [5.74, 6) is -4.07. The lowest BCUT2D eigenvalue weighted by Gasteiger charge is -2.25. The Morgan fingerprint density at radius 3 is 1.94 bits per heavy atom. The number of aliphatic hydroxyl groups excluding tert-OH is 1. The third-order valence-electron chi connectivity index (χ3n) is 4.45. The average Bonchev–Trinajstić information content (AvgIpc) is 2.70. The number of hydrogen-bond acceptors (Lipinski definition) is 8. The van der Waals surface area contributed by atoms with Gasteiger partial charge in [0.1, 0.15) is 24.2 Å².